The van der Waals surface area contributed by atoms with Crippen molar-refractivity contribution in [2.24, 2.45) is 0 Å². The summed E-state index contributed by atoms with van der Waals surface area (Å²) in [4.78, 5) is 4.00. The van der Waals surface area contributed by atoms with Gasteiger partial charge < -0.3 is 10.1 Å². The normalized spacial score (nSPS) is 13.3. The number of hydrogen-bond acceptors (Lipinski definition) is 5. The Kier molecular flexibility index (Phi) is 5.55. The molecule has 1 atom stereocenters. The van der Waals surface area contributed by atoms with Gasteiger partial charge >= 0.3 is 0 Å². The van der Waals surface area contributed by atoms with Gasteiger partial charge in [-0.05, 0) is 26.0 Å². The quantitative estimate of drug-likeness (QED) is 0.807. The predicted molar refractivity (Wildman–Crippen MR) is 71.5 cm³/mol. The van der Waals surface area contributed by atoms with Crippen molar-refractivity contribution in [3.8, 4) is 5.75 Å². The summed E-state index contributed by atoms with van der Waals surface area (Å²) in [5.41, 5.74) is 1.00. The first-order chi connectivity index (χ1) is 8.48. The van der Waals surface area contributed by atoms with Crippen molar-refractivity contribution in [1.82, 2.24) is 10.3 Å². The summed E-state index contributed by atoms with van der Waals surface area (Å²) in [6.07, 6.45) is 5.99. The third kappa shape index (κ3) is 4.62. The summed E-state index contributed by atoms with van der Waals surface area (Å²) in [5, 5.41) is 3.18. The van der Waals surface area contributed by atoms with Crippen LogP contribution in [0.25, 0.3) is 0 Å². The van der Waals surface area contributed by atoms with Crippen LogP contribution in [-0.2, 0) is 9.84 Å². The van der Waals surface area contributed by atoms with E-state index in [1.807, 2.05) is 13.1 Å². The summed E-state index contributed by atoms with van der Waals surface area (Å²) in [7, 11) is 0.556. The number of nitrogens with zero attached hydrogens (tertiary/aromatic N) is 1. The molecule has 0 fully saturated rings. The maximum absolute atomic E-state index is 11.1. The zero-order chi connectivity index (χ0) is 13.6. The number of nitrogens with one attached hydrogen (secondary N) is 1. The van der Waals surface area contributed by atoms with E-state index < -0.39 is 9.84 Å². The molecule has 0 saturated carbocycles. The Bertz CT molecular complexity index is 474. The van der Waals surface area contributed by atoms with E-state index in [0.717, 1.165) is 17.7 Å². The molecule has 6 heteroatoms. The fourth-order valence-electron chi connectivity index (χ4n) is 1.85. The lowest BCUT2D eigenvalue weighted by atomic mass is 10.0. The second kappa shape index (κ2) is 6.70. The molecular formula is C12H20N2O3S. The molecule has 102 valence electrons. The van der Waals surface area contributed by atoms with E-state index in [1.165, 1.54) is 6.26 Å². The van der Waals surface area contributed by atoms with Crippen LogP contribution in [0.1, 0.15) is 24.4 Å². The Morgan fingerprint density at radius 2 is 2.22 bits per heavy atom. The molecule has 1 aromatic rings. The van der Waals surface area contributed by atoms with E-state index in [2.05, 4.69) is 10.3 Å². The molecule has 18 heavy (non-hydrogen) atoms. The van der Waals surface area contributed by atoms with Crippen LogP contribution in [0, 0.1) is 0 Å². The van der Waals surface area contributed by atoms with Crippen LogP contribution in [0.15, 0.2) is 18.5 Å². The number of sulfone groups is 1. The lowest BCUT2D eigenvalue weighted by Gasteiger charge is -2.18. The molecule has 0 radical (unpaired) electrons. The molecule has 0 aliphatic heterocycles. The molecule has 0 aromatic carbocycles. The Hall–Kier alpha value is -1.14. The molecule has 1 rings (SSSR count). The van der Waals surface area contributed by atoms with E-state index in [4.69, 9.17) is 4.74 Å². The zero-order valence-electron chi connectivity index (χ0n) is 11.0. The summed E-state index contributed by atoms with van der Waals surface area (Å²) in [5.74, 6) is 0.926. The van der Waals surface area contributed by atoms with E-state index in [-0.39, 0.29) is 11.8 Å². The predicted octanol–water partition coefficient (Wildman–Crippen LogP) is 1.18. The van der Waals surface area contributed by atoms with Crippen LogP contribution in [0.5, 0.6) is 5.75 Å². The minimum atomic E-state index is -2.90. The largest absolute Gasteiger partial charge is 0.495 e. The minimum Gasteiger partial charge on any atom is -0.495 e. The van der Waals surface area contributed by atoms with E-state index >= 15 is 0 Å². The van der Waals surface area contributed by atoms with Crippen molar-refractivity contribution >= 4 is 9.84 Å². The van der Waals surface area contributed by atoms with Gasteiger partial charge in [-0.1, -0.05) is 0 Å². The van der Waals surface area contributed by atoms with Crippen molar-refractivity contribution in [3.05, 3.63) is 24.0 Å². The monoisotopic (exact) mass is 272 g/mol. The summed E-state index contributed by atoms with van der Waals surface area (Å²) < 4.78 is 27.5. The zero-order valence-corrected chi connectivity index (χ0v) is 11.8. The van der Waals surface area contributed by atoms with E-state index in [0.29, 0.717) is 6.42 Å². The molecule has 0 aliphatic carbocycles. The highest BCUT2D eigenvalue weighted by atomic mass is 32.2. The molecule has 1 unspecified atom stereocenters. The number of methoxy groups -OCH3 is 1. The van der Waals surface area contributed by atoms with Gasteiger partial charge in [0.15, 0.2) is 0 Å². The van der Waals surface area contributed by atoms with Crippen LogP contribution in [0.2, 0.25) is 0 Å². The van der Waals surface area contributed by atoms with Crippen molar-refractivity contribution < 1.29 is 13.2 Å². The summed E-state index contributed by atoms with van der Waals surface area (Å²) in [6.45, 7) is 0. The third-order valence-electron chi connectivity index (χ3n) is 2.77. The van der Waals surface area contributed by atoms with Crippen molar-refractivity contribution in [2.75, 3.05) is 26.2 Å². The number of aromatic nitrogens is 1. The van der Waals surface area contributed by atoms with Gasteiger partial charge in [-0.25, -0.2) is 8.42 Å². The number of rotatable bonds is 7. The fourth-order valence-corrected chi connectivity index (χ4v) is 2.55. The Labute approximate surface area is 108 Å². The summed E-state index contributed by atoms with van der Waals surface area (Å²) in [6, 6.07) is 1.96. The van der Waals surface area contributed by atoms with E-state index in [1.54, 1.807) is 19.5 Å². The first-order valence-corrected chi connectivity index (χ1v) is 7.87. The highest BCUT2D eigenvalue weighted by Gasteiger charge is 2.15. The first-order valence-electron chi connectivity index (χ1n) is 5.81. The minimum absolute atomic E-state index is 0.0738. The second-order valence-electron chi connectivity index (χ2n) is 4.23. The topological polar surface area (TPSA) is 68.3 Å². The van der Waals surface area contributed by atoms with Gasteiger partial charge in [-0.15, -0.1) is 0 Å². The highest BCUT2D eigenvalue weighted by molar-refractivity contribution is 7.90. The molecule has 0 bridgehead atoms. The maximum Gasteiger partial charge on any atom is 0.147 e. The standard InChI is InChI=1S/C12H20N2O3S/c1-13-11(5-4-8-18(3,15)16)10-6-7-14-9-12(10)17-2/h6-7,9,11,13H,4-5,8H2,1-3H3. The number of pyridine rings is 1. The average Bonchev–Trinajstić information content (AvgIpc) is 2.33. The van der Waals surface area contributed by atoms with Crippen LogP contribution >= 0.6 is 0 Å². The van der Waals surface area contributed by atoms with Gasteiger partial charge in [-0.3, -0.25) is 4.98 Å². The molecule has 5 nitrogen and oxygen atoms in total. The van der Waals surface area contributed by atoms with Crippen molar-refractivity contribution in [1.29, 1.82) is 0 Å². The first kappa shape index (κ1) is 14.9. The van der Waals surface area contributed by atoms with Gasteiger partial charge in [0.1, 0.15) is 15.6 Å². The number of ether oxygens (including phenoxy) is 1. The molecule has 0 spiro atoms. The van der Waals surface area contributed by atoms with Crippen LogP contribution in [0.3, 0.4) is 0 Å². The molecule has 1 heterocycles. The fraction of sp³-hybridized carbons (Fsp3) is 0.583. The lowest BCUT2D eigenvalue weighted by Crippen LogP contribution is -2.18. The smallest absolute Gasteiger partial charge is 0.147 e. The van der Waals surface area contributed by atoms with Crippen LogP contribution < -0.4 is 10.1 Å². The average molecular weight is 272 g/mol. The van der Waals surface area contributed by atoms with Gasteiger partial charge in [0.25, 0.3) is 0 Å². The SMILES string of the molecule is CNC(CCCS(C)(=O)=O)c1ccncc1OC. The highest BCUT2D eigenvalue weighted by Crippen LogP contribution is 2.26. The molecule has 1 N–H and O–H groups in total. The van der Waals surface area contributed by atoms with Gasteiger partial charge in [0.05, 0.1) is 13.3 Å². The molecule has 1 aromatic heterocycles. The maximum atomic E-state index is 11.1. The molecule has 0 saturated heterocycles. The molecule has 0 amide bonds. The van der Waals surface area contributed by atoms with Crippen LogP contribution in [0.4, 0.5) is 0 Å². The van der Waals surface area contributed by atoms with Crippen LogP contribution in [-0.4, -0.2) is 39.6 Å². The molecule has 0 aliphatic rings. The Morgan fingerprint density at radius 3 is 2.78 bits per heavy atom. The van der Waals surface area contributed by atoms with Gasteiger partial charge in [0.2, 0.25) is 0 Å². The Balaban J connectivity index is 2.71. The van der Waals surface area contributed by atoms with Gasteiger partial charge in [-0.2, -0.15) is 0 Å². The second-order valence-corrected chi connectivity index (χ2v) is 6.49. The number of hydrogen-bond donors (Lipinski definition) is 1. The Morgan fingerprint density at radius 1 is 1.50 bits per heavy atom. The van der Waals surface area contributed by atoms with E-state index in [9.17, 15) is 8.42 Å². The van der Waals surface area contributed by atoms with Gasteiger partial charge in [0, 0.05) is 29.8 Å². The lowest BCUT2D eigenvalue weighted by molar-refractivity contribution is 0.396. The molecular weight excluding hydrogens is 252 g/mol. The van der Waals surface area contributed by atoms with Crippen molar-refractivity contribution in [2.45, 2.75) is 18.9 Å². The van der Waals surface area contributed by atoms with Crippen molar-refractivity contribution in [3.63, 3.8) is 0 Å². The third-order valence-corrected chi connectivity index (χ3v) is 3.80. The summed E-state index contributed by atoms with van der Waals surface area (Å²) >= 11 is 0.